The number of imidazole rings is 1. The Morgan fingerprint density at radius 1 is 0.545 bits per heavy atom. The van der Waals surface area contributed by atoms with Gasteiger partial charge in [-0.3, -0.25) is 13.7 Å². The van der Waals surface area contributed by atoms with E-state index in [2.05, 4.69) is 37.7 Å². The summed E-state index contributed by atoms with van der Waals surface area (Å²) in [5, 5.41) is -2.44. The summed E-state index contributed by atoms with van der Waals surface area (Å²) in [5.41, 5.74) is 0.00588. The van der Waals surface area contributed by atoms with Crippen LogP contribution in [0.2, 0.25) is 0 Å². The Kier molecular flexibility index (Phi) is 6.78. The summed E-state index contributed by atoms with van der Waals surface area (Å²) in [4.78, 5) is 4.82. The number of fused-ring (bicyclic) bond motifs is 4. The molecular weight excluding hydrogens is 953 g/mol. The van der Waals surface area contributed by atoms with Crippen molar-refractivity contribution in [3.05, 3.63) is 284 Å². The van der Waals surface area contributed by atoms with Crippen LogP contribution in [-0.2, 0) is 5.41 Å². The summed E-state index contributed by atoms with van der Waals surface area (Å²) >= 11 is 0. The van der Waals surface area contributed by atoms with E-state index in [1.807, 2.05) is 48.5 Å². The number of para-hydroxylation sites is 4. The van der Waals surface area contributed by atoms with E-state index in [1.165, 1.54) is 22.8 Å². The molecule has 0 atom stereocenters. The highest BCUT2D eigenvalue weighted by Crippen LogP contribution is 2.38. The predicted molar refractivity (Wildman–Crippen MR) is 320 cm³/mol. The number of hydrogen-bond acceptors (Lipinski definition) is 2. The van der Waals surface area contributed by atoms with Crippen molar-refractivity contribution in [2.24, 2.45) is 0 Å². The lowest BCUT2D eigenvalue weighted by atomic mass is 9.88. The molecule has 0 aliphatic heterocycles. The third-order valence-electron chi connectivity index (χ3n) is 13.5. The first-order chi connectivity index (χ1) is 48.5. The van der Waals surface area contributed by atoms with Crippen LogP contribution in [-0.4, -0.2) is 22.2 Å². The molecule has 0 bridgehead atoms. The van der Waals surface area contributed by atoms with Gasteiger partial charge in [0.2, 0.25) is 0 Å². The second kappa shape index (κ2) is 19.4. The van der Waals surface area contributed by atoms with Crippen molar-refractivity contribution in [2.45, 2.75) is 33.0 Å². The summed E-state index contributed by atoms with van der Waals surface area (Å²) in [5.74, 6) is 1.42. The van der Waals surface area contributed by atoms with Crippen molar-refractivity contribution in [1.82, 2.24) is 14.1 Å². The Labute approximate surface area is 487 Å². The van der Waals surface area contributed by atoms with Gasteiger partial charge < -0.3 is 4.74 Å². The van der Waals surface area contributed by atoms with E-state index in [1.54, 1.807) is 59.3 Å². The molecule has 0 unspecified atom stereocenters. The van der Waals surface area contributed by atoms with Crippen molar-refractivity contribution in [1.29, 1.82) is 0 Å². The molecule has 13 aromatic rings. The van der Waals surface area contributed by atoms with Crippen LogP contribution in [0.15, 0.2) is 266 Å². The molecule has 0 aliphatic rings. The lowest BCUT2D eigenvalue weighted by Gasteiger charge is -2.34. The van der Waals surface area contributed by atoms with E-state index in [-0.39, 0.29) is 22.2 Å². The van der Waals surface area contributed by atoms with Crippen LogP contribution in [0.3, 0.4) is 0 Å². The molecule has 3 aromatic heterocycles. The van der Waals surface area contributed by atoms with Crippen LogP contribution in [0, 0.1) is 13.2 Å². The smallest absolute Gasteiger partial charge is 0.269 e. The zero-order chi connectivity index (χ0) is 74.6. The van der Waals surface area contributed by atoms with Gasteiger partial charge in [-0.2, -0.15) is 0 Å². The Morgan fingerprint density at radius 3 is 1.92 bits per heavy atom. The molecule has 0 N–H and O–H groups in total. The van der Waals surface area contributed by atoms with Gasteiger partial charge in [0.25, 0.3) is 6.33 Å². The van der Waals surface area contributed by atoms with Crippen LogP contribution in [0.1, 0.15) is 67.5 Å². The van der Waals surface area contributed by atoms with Gasteiger partial charge >= 0.3 is 0 Å². The standard InChI is InChI=1S/C71H56N4OSi/c1-50-23-14-15-34-60(50)64-37-22-36-61(51-24-20-33-59(45-51)77(56-27-8-5-9-28-56,57-29-10-6-11-30-57)58-31-12-7-13-32-58)70(64)74-49-73(66-39-18-19-40-67(66)74)53-25-21-26-54(47-53)76-55-41-42-63-62-35-16-17-38-65(62)75(68(63)48-55)69-46-52(43-44-72-69)71(2,3)4/h5-48H,1-4H3/i1D3,5D,6D,7D,8D,9D,10D,11D,12D,13D,14D,15D,20D,23D,24D,27D,28D,29D,30D,31D,32D,33D,34D,45D. The molecule has 6 heteroatoms. The minimum atomic E-state index is -6.42. The Morgan fingerprint density at radius 2 is 1.18 bits per heavy atom. The first-order valence-corrected chi connectivity index (χ1v) is 26.3. The average molecular weight is 1040 g/mol. The molecule has 0 fully saturated rings. The van der Waals surface area contributed by atoms with Gasteiger partial charge in [0, 0.05) is 27.1 Å². The zero-order valence-electron chi connectivity index (χ0n) is 67.3. The molecule has 370 valence electrons. The molecule has 0 spiro atoms. The number of pyridine rings is 1. The van der Waals surface area contributed by atoms with E-state index < -0.39 is 197 Å². The quantitative estimate of drug-likeness (QED) is 0.0560. The SMILES string of the molecule is [2H]c1c([2H])c([2H])c([Si](c2c([2H])c([2H])c([2H])c([2H])c2[2H])(c2c([2H])c([2H])c([2H])c([2H])c2[2H])c2c([2H])c([2H])c([2H])c(-c3cccc(-c4c([2H])c([2H])c([2H])c([2H])c4C([2H])([2H])[2H])c3-[n+]3[c-]n(-c4cccc(Oc5ccc6c7ccccc7n(-c7cc(C(C)(C)C)ccn7)c6c5)c4)c4ccccc43)c2[2H])c([2H])c1[2H]. The third kappa shape index (κ3) is 8.35. The maximum atomic E-state index is 10.8. The minimum absolute atomic E-state index is 0.184. The Hall–Kier alpha value is -9.36. The van der Waals surface area contributed by atoms with Crippen molar-refractivity contribution in [2.75, 3.05) is 0 Å². The molecule has 13 rings (SSSR count). The van der Waals surface area contributed by atoms with Crippen LogP contribution in [0.5, 0.6) is 11.5 Å². The van der Waals surface area contributed by atoms with E-state index in [0.717, 1.165) is 27.4 Å². The maximum Gasteiger partial charge on any atom is 0.269 e. The Bertz CT molecular complexity index is 5590. The van der Waals surface area contributed by atoms with E-state index in [9.17, 15) is 15.1 Å². The van der Waals surface area contributed by atoms with Crippen molar-refractivity contribution in [3.63, 3.8) is 0 Å². The first-order valence-electron chi connectivity index (χ1n) is 37.3. The van der Waals surface area contributed by atoms with Gasteiger partial charge in [0.05, 0.1) is 65.0 Å². The Balaban J connectivity index is 1.14. The number of benzene rings is 10. The molecule has 3 heterocycles. The molecule has 0 saturated heterocycles. The predicted octanol–water partition coefficient (Wildman–Crippen LogP) is 14.3. The molecule has 10 aromatic carbocycles. The van der Waals surface area contributed by atoms with Gasteiger partial charge in [-0.05, 0) is 115 Å². The van der Waals surface area contributed by atoms with Crippen LogP contribution < -0.4 is 30.1 Å². The zero-order valence-corrected chi connectivity index (χ0v) is 42.3. The van der Waals surface area contributed by atoms with Crippen LogP contribution in [0.25, 0.3) is 72.3 Å². The molecule has 0 aliphatic carbocycles. The van der Waals surface area contributed by atoms with Gasteiger partial charge in [-0.25, -0.2) is 4.98 Å². The largest absolute Gasteiger partial charge is 0.458 e. The fraction of sp³-hybridized carbons (Fsp3) is 0.0704. The van der Waals surface area contributed by atoms with Crippen molar-refractivity contribution >= 4 is 61.7 Å². The molecule has 0 amide bonds. The van der Waals surface area contributed by atoms with E-state index >= 15 is 0 Å². The third-order valence-corrected chi connectivity index (χ3v) is 17.5. The monoisotopic (exact) mass is 1030 g/mol. The normalized spacial score (nSPS) is 16.8. The summed E-state index contributed by atoms with van der Waals surface area (Å²) < 4.78 is 255. The highest BCUT2D eigenvalue weighted by molar-refractivity contribution is 7.19. The fourth-order valence-electron chi connectivity index (χ4n) is 9.94. The van der Waals surface area contributed by atoms with Crippen molar-refractivity contribution < 1.29 is 44.9 Å². The number of ether oxygens (including phenoxy) is 1. The van der Waals surface area contributed by atoms with Gasteiger partial charge in [0.15, 0.2) is 8.07 Å². The van der Waals surface area contributed by atoms with E-state index in [0.29, 0.717) is 28.5 Å². The lowest BCUT2D eigenvalue weighted by molar-refractivity contribution is -0.571. The van der Waals surface area contributed by atoms with E-state index in [4.69, 9.17) is 30.3 Å². The summed E-state index contributed by atoms with van der Waals surface area (Å²) in [6, 6.07) is 9.08. The van der Waals surface area contributed by atoms with Gasteiger partial charge in [-0.1, -0.05) is 226 Å². The average Bonchev–Trinajstić information content (AvgIpc) is 1.03. The highest BCUT2D eigenvalue weighted by atomic mass is 28.3. The second-order valence-electron chi connectivity index (χ2n) is 19.0. The van der Waals surface area contributed by atoms with Gasteiger partial charge in [-0.15, -0.1) is 0 Å². The molecule has 0 radical (unpaired) electrons. The molecule has 77 heavy (non-hydrogen) atoms. The number of rotatable bonds is 11. The number of nitrogens with zero attached hydrogens (tertiary/aromatic N) is 4. The molecule has 0 saturated carbocycles. The topological polar surface area (TPSA) is 35.9 Å². The first kappa shape index (κ1) is 26.9. The summed E-state index contributed by atoms with van der Waals surface area (Å²) in [6.45, 7) is 3.02. The van der Waals surface area contributed by atoms with Crippen LogP contribution in [0.4, 0.5) is 0 Å². The van der Waals surface area contributed by atoms with Crippen molar-refractivity contribution in [3.8, 4) is 50.9 Å². The fourth-order valence-corrected chi connectivity index (χ4v) is 13.5. The number of hydrogen-bond donors (Lipinski definition) is 0. The molecule has 5 nitrogen and oxygen atoms in total. The summed E-state index contributed by atoms with van der Waals surface area (Å²) in [7, 11) is -6.42. The maximum absolute atomic E-state index is 10.8. The lowest BCUT2D eigenvalue weighted by Crippen LogP contribution is -2.74. The van der Waals surface area contributed by atoms with Gasteiger partial charge in [0.1, 0.15) is 17.3 Å². The van der Waals surface area contributed by atoms with Crippen LogP contribution >= 0.6 is 0 Å². The number of aromatic nitrogens is 4. The molecular formula is C71H56N4OSi. The highest BCUT2D eigenvalue weighted by Gasteiger charge is 2.41. The summed E-state index contributed by atoms with van der Waals surface area (Å²) in [6.07, 6.45) is 5.10. The second-order valence-corrected chi connectivity index (χ2v) is 22.5. The minimum Gasteiger partial charge on any atom is -0.458 e.